The van der Waals surface area contributed by atoms with E-state index < -0.39 is 6.04 Å². The Morgan fingerprint density at radius 2 is 1.85 bits per heavy atom. The lowest BCUT2D eigenvalue weighted by Crippen LogP contribution is -2.45. The fourth-order valence-electron chi connectivity index (χ4n) is 4.27. The molecule has 1 saturated heterocycles. The van der Waals surface area contributed by atoms with Crippen molar-refractivity contribution < 1.29 is 9.53 Å². The summed E-state index contributed by atoms with van der Waals surface area (Å²) in [6.07, 6.45) is 3.89. The second-order valence-electron chi connectivity index (χ2n) is 9.81. The molecule has 2 aromatic carbocycles. The van der Waals surface area contributed by atoms with Crippen LogP contribution in [0.1, 0.15) is 46.1 Å². The monoisotopic (exact) mass is 483 g/mol. The number of benzene rings is 2. The number of anilines is 1. The number of hydrogen-bond acceptors (Lipinski definition) is 4. The standard InChI is InChI=1S/C28H38ClN3O2/c1-20(2)13-16-32(25-14-15-31(18-25)28(33)27(30)17-21(3)4)24-9-11-26(12-10-24)34-19-22-5-7-23(29)8-6-22/h5-13,21,25,27H,14-19,30H2,1-4H3/t25-,27?/m0/s1. The van der Waals surface area contributed by atoms with E-state index in [9.17, 15) is 4.79 Å². The summed E-state index contributed by atoms with van der Waals surface area (Å²) >= 11 is 5.96. The Labute approximate surface area is 209 Å². The Morgan fingerprint density at radius 3 is 2.47 bits per heavy atom. The van der Waals surface area contributed by atoms with Crippen LogP contribution < -0.4 is 15.4 Å². The van der Waals surface area contributed by atoms with Gasteiger partial charge < -0.3 is 20.3 Å². The molecule has 3 rings (SSSR count). The fraction of sp³-hybridized carbons (Fsp3) is 0.464. The van der Waals surface area contributed by atoms with Crippen LogP contribution >= 0.6 is 11.6 Å². The minimum atomic E-state index is -0.415. The van der Waals surface area contributed by atoms with Crippen molar-refractivity contribution in [1.82, 2.24) is 4.90 Å². The number of halogens is 1. The van der Waals surface area contributed by atoms with Crippen molar-refractivity contribution in [1.29, 1.82) is 0 Å². The minimum Gasteiger partial charge on any atom is -0.489 e. The molecule has 184 valence electrons. The number of ether oxygens (including phenoxy) is 1. The van der Waals surface area contributed by atoms with E-state index in [-0.39, 0.29) is 11.9 Å². The Kier molecular flexibility index (Phi) is 9.43. The molecule has 0 saturated carbocycles. The number of carbonyl (C=O) groups is 1. The highest BCUT2D eigenvalue weighted by atomic mass is 35.5. The molecule has 5 nitrogen and oxygen atoms in total. The summed E-state index contributed by atoms with van der Waals surface area (Å²) in [5, 5.41) is 0.721. The quantitative estimate of drug-likeness (QED) is 0.442. The van der Waals surface area contributed by atoms with Crippen LogP contribution in [0.3, 0.4) is 0 Å². The third-order valence-corrected chi connectivity index (χ3v) is 6.39. The molecule has 6 heteroatoms. The van der Waals surface area contributed by atoms with Crippen LogP contribution in [-0.4, -0.2) is 42.5 Å². The summed E-state index contributed by atoms with van der Waals surface area (Å²) in [6, 6.07) is 15.8. The predicted octanol–water partition coefficient (Wildman–Crippen LogP) is 5.67. The topological polar surface area (TPSA) is 58.8 Å². The molecule has 0 spiro atoms. The van der Waals surface area contributed by atoms with Gasteiger partial charge in [-0.25, -0.2) is 0 Å². The molecule has 0 aliphatic carbocycles. The van der Waals surface area contributed by atoms with E-state index in [0.29, 0.717) is 19.1 Å². The summed E-state index contributed by atoms with van der Waals surface area (Å²) in [7, 11) is 0. The number of nitrogens with two attached hydrogens (primary N) is 1. The summed E-state index contributed by atoms with van der Waals surface area (Å²) in [6.45, 7) is 11.2. The zero-order chi connectivity index (χ0) is 24.7. The molecular weight excluding hydrogens is 446 g/mol. The van der Waals surface area contributed by atoms with Gasteiger partial charge in [-0.2, -0.15) is 0 Å². The third kappa shape index (κ3) is 7.51. The number of likely N-dealkylation sites (tertiary alicyclic amines) is 1. The smallest absolute Gasteiger partial charge is 0.239 e. The van der Waals surface area contributed by atoms with Crippen molar-refractivity contribution in [3.05, 3.63) is 70.8 Å². The van der Waals surface area contributed by atoms with Crippen molar-refractivity contribution in [2.75, 3.05) is 24.5 Å². The van der Waals surface area contributed by atoms with Gasteiger partial charge in [0.05, 0.1) is 6.04 Å². The lowest BCUT2D eigenvalue weighted by Gasteiger charge is -2.31. The first-order valence-corrected chi connectivity index (χ1v) is 12.5. The van der Waals surface area contributed by atoms with Gasteiger partial charge >= 0.3 is 0 Å². The SMILES string of the molecule is CC(C)=CCN(c1ccc(OCc2ccc(Cl)cc2)cc1)[C@H]1CCN(C(=O)C(N)CC(C)C)C1. The number of nitrogens with zero attached hydrogens (tertiary/aromatic N) is 2. The van der Waals surface area contributed by atoms with Crippen LogP contribution in [0.5, 0.6) is 5.75 Å². The van der Waals surface area contributed by atoms with Crippen molar-refractivity contribution in [3.63, 3.8) is 0 Å². The molecule has 1 fully saturated rings. The molecule has 34 heavy (non-hydrogen) atoms. The van der Waals surface area contributed by atoms with Gasteiger partial charge in [-0.1, -0.05) is 49.2 Å². The molecule has 2 aromatic rings. The van der Waals surface area contributed by atoms with Crippen molar-refractivity contribution in [2.24, 2.45) is 11.7 Å². The predicted molar refractivity (Wildman–Crippen MR) is 141 cm³/mol. The maximum Gasteiger partial charge on any atom is 0.239 e. The molecule has 1 heterocycles. The van der Waals surface area contributed by atoms with Crippen LogP contribution in [0.2, 0.25) is 5.02 Å². The van der Waals surface area contributed by atoms with Crippen LogP contribution in [0.4, 0.5) is 5.69 Å². The van der Waals surface area contributed by atoms with Crippen molar-refractivity contribution >= 4 is 23.2 Å². The molecule has 0 aromatic heterocycles. The molecule has 1 amide bonds. The normalized spacial score (nSPS) is 16.4. The summed E-state index contributed by atoms with van der Waals surface area (Å²) in [4.78, 5) is 17.2. The Balaban J connectivity index is 1.66. The van der Waals surface area contributed by atoms with E-state index in [1.807, 2.05) is 41.3 Å². The first-order valence-electron chi connectivity index (χ1n) is 12.1. The molecule has 1 unspecified atom stereocenters. The Morgan fingerprint density at radius 1 is 1.18 bits per heavy atom. The Bertz CT molecular complexity index is 953. The second-order valence-corrected chi connectivity index (χ2v) is 10.2. The minimum absolute atomic E-state index is 0.0734. The lowest BCUT2D eigenvalue weighted by atomic mass is 10.0. The van der Waals surface area contributed by atoms with Gasteiger partial charge in [0, 0.05) is 36.4 Å². The molecule has 1 aliphatic rings. The van der Waals surface area contributed by atoms with E-state index in [1.54, 1.807) is 0 Å². The van der Waals surface area contributed by atoms with Gasteiger partial charge in [0.25, 0.3) is 0 Å². The molecule has 2 N–H and O–H groups in total. The van der Waals surface area contributed by atoms with Gasteiger partial charge in [0.2, 0.25) is 5.91 Å². The Hall–Kier alpha value is -2.50. The summed E-state index contributed by atoms with van der Waals surface area (Å²) in [5.74, 6) is 1.31. The molecule has 2 atom stereocenters. The van der Waals surface area contributed by atoms with Crippen LogP contribution in [0, 0.1) is 5.92 Å². The molecular formula is C28H38ClN3O2. The highest BCUT2D eigenvalue weighted by molar-refractivity contribution is 6.30. The first-order chi connectivity index (χ1) is 16.2. The average Bonchev–Trinajstić information content (AvgIpc) is 3.28. The lowest BCUT2D eigenvalue weighted by molar-refractivity contribution is -0.131. The van der Waals surface area contributed by atoms with E-state index in [0.717, 1.165) is 48.0 Å². The van der Waals surface area contributed by atoms with Crippen LogP contribution in [-0.2, 0) is 11.4 Å². The highest BCUT2D eigenvalue weighted by Gasteiger charge is 2.32. The number of hydrogen-bond donors (Lipinski definition) is 1. The van der Waals surface area contributed by atoms with Gasteiger partial charge in [0.1, 0.15) is 12.4 Å². The van der Waals surface area contributed by atoms with Gasteiger partial charge in [0.15, 0.2) is 0 Å². The summed E-state index contributed by atoms with van der Waals surface area (Å²) in [5.41, 5.74) is 9.67. The maximum absolute atomic E-state index is 12.9. The molecule has 0 radical (unpaired) electrons. The zero-order valence-electron chi connectivity index (χ0n) is 20.8. The second kappa shape index (κ2) is 12.3. The van der Waals surface area contributed by atoms with Gasteiger partial charge in [-0.15, -0.1) is 0 Å². The largest absolute Gasteiger partial charge is 0.489 e. The van der Waals surface area contributed by atoms with E-state index in [2.05, 4.69) is 50.8 Å². The maximum atomic E-state index is 12.9. The number of carbonyl (C=O) groups excluding carboxylic acids is 1. The summed E-state index contributed by atoms with van der Waals surface area (Å²) < 4.78 is 5.96. The fourth-order valence-corrected chi connectivity index (χ4v) is 4.39. The molecule has 1 aliphatic heterocycles. The van der Waals surface area contributed by atoms with E-state index in [4.69, 9.17) is 22.1 Å². The molecule has 0 bridgehead atoms. The van der Waals surface area contributed by atoms with Gasteiger partial charge in [-0.05, 0) is 74.6 Å². The van der Waals surface area contributed by atoms with Crippen LogP contribution in [0.15, 0.2) is 60.2 Å². The zero-order valence-corrected chi connectivity index (χ0v) is 21.6. The van der Waals surface area contributed by atoms with E-state index in [1.165, 1.54) is 5.57 Å². The number of amides is 1. The van der Waals surface area contributed by atoms with Crippen LogP contribution in [0.25, 0.3) is 0 Å². The number of rotatable bonds is 10. The first kappa shape index (κ1) is 26.1. The van der Waals surface area contributed by atoms with Gasteiger partial charge in [-0.3, -0.25) is 4.79 Å². The third-order valence-electron chi connectivity index (χ3n) is 6.14. The van der Waals surface area contributed by atoms with Crippen molar-refractivity contribution in [2.45, 2.75) is 59.2 Å². The average molecular weight is 484 g/mol. The van der Waals surface area contributed by atoms with Crippen molar-refractivity contribution in [3.8, 4) is 5.75 Å². The highest BCUT2D eigenvalue weighted by Crippen LogP contribution is 2.27. The van der Waals surface area contributed by atoms with E-state index >= 15 is 0 Å². The number of allylic oxidation sites excluding steroid dienone is 1.